The summed E-state index contributed by atoms with van der Waals surface area (Å²) < 4.78 is 40.6. The van der Waals surface area contributed by atoms with Gasteiger partial charge in [-0.3, -0.25) is 0 Å². The van der Waals surface area contributed by atoms with Crippen LogP contribution in [0.3, 0.4) is 0 Å². The van der Waals surface area contributed by atoms with E-state index in [1.165, 1.54) is 0 Å². The molecule has 5 heteroatoms. The molecule has 3 unspecified atom stereocenters. The fourth-order valence-electron chi connectivity index (χ4n) is 3.01. The van der Waals surface area contributed by atoms with Crippen molar-refractivity contribution in [2.45, 2.75) is 39.3 Å². The third-order valence-electron chi connectivity index (χ3n) is 4.32. The third-order valence-corrected chi connectivity index (χ3v) is 4.32. The Hall–Kier alpha value is -1.23. The molecule has 0 spiro atoms. The maximum Gasteiger partial charge on any atom is 0.182 e. The van der Waals surface area contributed by atoms with E-state index < -0.39 is 17.5 Å². The molecule has 112 valence electrons. The number of anilines is 1. The fourth-order valence-corrected chi connectivity index (χ4v) is 3.01. The molecule has 0 bridgehead atoms. The molecule has 0 amide bonds. The highest BCUT2D eigenvalue weighted by Gasteiger charge is 2.33. The average molecular weight is 286 g/mol. The highest BCUT2D eigenvalue weighted by Crippen LogP contribution is 2.32. The Labute approximate surface area is 118 Å². The maximum absolute atomic E-state index is 13.9. The predicted octanol–water partition coefficient (Wildman–Crippen LogP) is 3.32. The first kappa shape index (κ1) is 15.2. The van der Waals surface area contributed by atoms with Crippen LogP contribution in [0, 0.1) is 23.4 Å². The van der Waals surface area contributed by atoms with Gasteiger partial charge in [0.25, 0.3) is 0 Å². The van der Waals surface area contributed by atoms with E-state index in [4.69, 9.17) is 0 Å². The number of nitrogens with zero attached hydrogens (tertiary/aromatic N) is 1. The summed E-state index contributed by atoms with van der Waals surface area (Å²) in [7, 11) is 0. The van der Waals surface area contributed by atoms with Crippen molar-refractivity contribution in [1.82, 2.24) is 5.32 Å². The number of rotatable bonds is 3. The topological polar surface area (TPSA) is 15.3 Å². The number of piperidine rings is 1. The van der Waals surface area contributed by atoms with E-state index in [0.29, 0.717) is 18.7 Å². The summed E-state index contributed by atoms with van der Waals surface area (Å²) in [6.07, 6.45) is 0.830. The number of halogens is 3. The monoisotopic (exact) mass is 286 g/mol. The molecule has 1 aromatic rings. The standard InChI is InChI=1S/C15H21F3N2/c1-4-19-13-5-6-20(10(3)9(13)2)14-8-11(16)7-12(17)15(14)18/h7-10,13,19H,4-6H2,1-3H3. The summed E-state index contributed by atoms with van der Waals surface area (Å²) in [5, 5.41) is 3.41. The number of nitrogens with one attached hydrogen (secondary N) is 1. The maximum atomic E-state index is 13.9. The first-order valence-electron chi connectivity index (χ1n) is 7.10. The fraction of sp³-hybridized carbons (Fsp3) is 0.600. The van der Waals surface area contributed by atoms with Crippen molar-refractivity contribution in [2.75, 3.05) is 18.0 Å². The van der Waals surface area contributed by atoms with Crippen LogP contribution in [0.25, 0.3) is 0 Å². The Morgan fingerprint density at radius 3 is 2.60 bits per heavy atom. The summed E-state index contributed by atoms with van der Waals surface area (Å²) in [4.78, 5) is 1.76. The molecule has 0 radical (unpaired) electrons. The van der Waals surface area contributed by atoms with Crippen LogP contribution in [-0.4, -0.2) is 25.2 Å². The van der Waals surface area contributed by atoms with Crippen LogP contribution < -0.4 is 10.2 Å². The van der Waals surface area contributed by atoms with Gasteiger partial charge in [0.05, 0.1) is 5.69 Å². The normalized spacial score (nSPS) is 26.9. The van der Waals surface area contributed by atoms with Gasteiger partial charge in [-0.05, 0) is 25.8 Å². The van der Waals surface area contributed by atoms with Gasteiger partial charge in [-0.1, -0.05) is 13.8 Å². The van der Waals surface area contributed by atoms with Gasteiger partial charge in [0.15, 0.2) is 11.6 Å². The van der Waals surface area contributed by atoms with E-state index in [1.54, 1.807) is 4.90 Å². The number of hydrogen-bond donors (Lipinski definition) is 1. The van der Waals surface area contributed by atoms with E-state index in [-0.39, 0.29) is 17.6 Å². The highest BCUT2D eigenvalue weighted by molar-refractivity contribution is 5.50. The quantitative estimate of drug-likeness (QED) is 0.858. The summed E-state index contributed by atoms with van der Waals surface area (Å²) in [6.45, 7) is 7.56. The molecule has 0 aromatic heterocycles. The molecular weight excluding hydrogens is 265 g/mol. The molecule has 20 heavy (non-hydrogen) atoms. The van der Waals surface area contributed by atoms with Gasteiger partial charge in [0, 0.05) is 30.8 Å². The van der Waals surface area contributed by atoms with Crippen LogP contribution in [0.4, 0.5) is 18.9 Å². The lowest BCUT2D eigenvalue weighted by Gasteiger charge is -2.44. The zero-order valence-corrected chi connectivity index (χ0v) is 12.1. The Morgan fingerprint density at radius 1 is 1.25 bits per heavy atom. The van der Waals surface area contributed by atoms with Gasteiger partial charge < -0.3 is 10.2 Å². The molecule has 1 aliphatic rings. The molecule has 2 nitrogen and oxygen atoms in total. The minimum absolute atomic E-state index is 0.0171. The molecule has 0 aliphatic carbocycles. The Morgan fingerprint density at radius 2 is 1.95 bits per heavy atom. The minimum Gasteiger partial charge on any atom is -0.366 e. The SMILES string of the molecule is CCNC1CCN(c2cc(F)cc(F)c2F)C(C)C1C. The van der Waals surface area contributed by atoms with E-state index in [2.05, 4.69) is 12.2 Å². The van der Waals surface area contributed by atoms with Crippen molar-refractivity contribution in [1.29, 1.82) is 0 Å². The largest absolute Gasteiger partial charge is 0.366 e. The van der Waals surface area contributed by atoms with Crippen LogP contribution in [-0.2, 0) is 0 Å². The second kappa shape index (κ2) is 6.04. The van der Waals surface area contributed by atoms with Crippen molar-refractivity contribution in [3.63, 3.8) is 0 Å². The molecule has 1 aromatic carbocycles. The third kappa shape index (κ3) is 2.77. The Balaban J connectivity index is 2.27. The van der Waals surface area contributed by atoms with Crippen LogP contribution in [0.5, 0.6) is 0 Å². The summed E-state index contributed by atoms with van der Waals surface area (Å²) in [5.74, 6) is -2.57. The molecular formula is C15H21F3N2. The second-order valence-corrected chi connectivity index (χ2v) is 5.47. The van der Waals surface area contributed by atoms with Gasteiger partial charge in [-0.15, -0.1) is 0 Å². The summed E-state index contributed by atoms with van der Waals surface area (Å²) in [6, 6.07) is 2.03. The zero-order chi connectivity index (χ0) is 14.9. The van der Waals surface area contributed by atoms with Gasteiger partial charge in [0.2, 0.25) is 0 Å². The smallest absolute Gasteiger partial charge is 0.182 e. The van der Waals surface area contributed by atoms with E-state index in [1.807, 2.05) is 13.8 Å². The van der Waals surface area contributed by atoms with Crippen LogP contribution in [0.1, 0.15) is 27.2 Å². The highest BCUT2D eigenvalue weighted by atomic mass is 19.2. The summed E-state index contributed by atoms with van der Waals surface area (Å²) >= 11 is 0. The molecule has 1 heterocycles. The van der Waals surface area contributed by atoms with E-state index in [0.717, 1.165) is 19.0 Å². The van der Waals surface area contributed by atoms with Crippen molar-refractivity contribution >= 4 is 5.69 Å². The van der Waals surface area contributed by atoms with Crippen molar-refractivity contribution in [2.24, 2.45) is 5.92 Å². The number of hydrogen-bond acceptors (Lipinski definition) is 2. The molecule has 2 rings (SSSR count). The lowest BCUT2D eigenvalue weighted by molar-refractivity contribution is 0.272. The van der Waals surface area contributed by atoms with Gasteiger partial charge in [-0.2, -0.15) is 0 Å². The van der Waals surface area contributed by atoms with E-state index >= 15 is 0 Å². The average Bonchev–Trinajstić information content (AvgIpc) is 2.40. The molecule has 1 fully saturated rings. The van der Waals surface area contributed by atoms with Crippen LogP contribution in [0.2, 0.25) is 0 Å². The van der Waals surface area contributed by atoms with Crippen molar-refractivity contribution in [3.8, 4) is 0 Å². The molecule has 1 saturated heterocycles. The first-order chi connectivity index (χ1) is 9.45. The first-order valence-corrected chi connectivity index (χ1v) is 7.10. The van der Waals surface area contributed by atoms with E-state index in [9.17, 15) is 13.2 Å². The van der Waals surface area contributed by atoms with Gasteiger partial charge in [0.1, 0.15) is 5.82 Å². The van der Waals surface area contributed by atoms with Gasteiger partial charge in [-0.25, -0.2) is 13.2 Å². The molecule has 0 saturated carbocycles. The molecule has 3 atom stereocenters. The second-order valence-electron chi connectivity index (χ2n) is 5.47. The summed E-state index contributed by atoms with van der Waals surface area (Å²) in [5.41, 5.74) is 0.0248. The minimum atomic E-state index is -1.13. The zero-order valence-electron chi connectivity index (χ0n) is 12.1. The van der Waals surface area contributed by atoms with Gasteiger partial charge >= 0.3 is 0 Å². The lowest BCUT2D eigenvalue weighted by Crippen LogP contribution is -2.53. The van der Waals surface area contributed by atoms with Crippen molar-refractivity contribution < 1.29 is 13.2 Å². The lowest BCUT2D eigenvalue weighted by atomic mass is 9.86. The van der Waals surface area contributed by atoms with Crippen LogP contribution >= 0.6 is 0 Å². The van der Waals surface area contributed by atoms with Crippen molar-refractivity contribution in [3.05, 3.63) is 29.6 Å². The Kier molecular flexibility index (Phi) is 4.58. The number of benzene rings is 1. The van der Waals surface area contributed by atoms with Crippen LogP contribution in [0.15, 0.2) is 12.1 Å². The predicted molar refractivity (Wildman–Crippen MR) is 74.4 cm³/mol. The molecule has 1 aliphatic heterocycles. The Bertz CT molecular complexity index is 478. The molecule has 1 N–H and O–H groups in total.